The van der Waals surface area contributed by atoms with E-state index in [1.54, 1.807) is 6.20 Å². The van der Waals surface area contributed by atoms with Crippen molar-refractivity contribution in [3.8, 4) is 0 Å². The first kappa shape index (κ1) is 13.0. The van der Waals surface area contributed by atoms with Crippen LogP contribution in [-0.4, -0.2) is 30.0 Å². The van der Waals surface area contributed by atoms with Crippen molar-refractivity contribution in [2.75, 3.05) is 13.1 Å². The van der Waals surface area contributed by atoms with Gasteiger partial charge in [-0.25, -0.2) is 0 Å². The Hall–Kier alpha value is -1.42. The highest BCUT2D eigenvalue weighted by Crippen LogP contribution is 2.08. The third-order valence-electron chi connectivity index (χ3n) is 3.28. The number of hydrogen-bond acceptors (Lipinski definition) is 3. The molecule has 2 N–H and O–H groups in total. The van der Waals surface area contributed by atoms with Gasteiger partial charge >= 0.3 is 0 Å². The van der Waals surface area contributed by atoms with Gasteiger partial charge in [0.25, 0.3) is 0 Å². The molecule has 1 saturated heterocycles. The Bertz CT molecular complexity index is 359. The molecule has 0 bridgehead atoms. The van der Waals surface area contributed by atoms with Gasteiger partial charge in [0.15, 0.2) is 0 Å². The Morgan fingerprint density at radius 3 is 3.17 bits per heavy atom. The first-order chi connectivity index (χ1) is 8.86. The Balaban J connectivity index is 1.71. The molecule has 0 spiro atoms. The van der Waals surface area contributed by atoms with Gasteiger partial charge in [0, 0.05) is 24.9 Å². The number of hydrogen-bond donors (Lipinski definition) is 2. The minimum atomic E-state index is -0.00349. The van der Waals surface area contributed by atoms with Crippen molar-refractivity contribution in [3.05, 3.63) is 30.1 Å². The SMILES string of the molecule is O=C(NCCc1ccccn1)C1CCCCCN1. The van der Waals surface area contributed by atoms with Crippen LogP contribution in [-0.2, 0) is 11.2 Å². The van der Waals surface area contributed by atoms with Crippen molar-refractivity contribution in [1.29, 1.82) is 0 Å². The predicted molar refractivity (Wildman–Crippen MR) is 71.2 cm³/mol. The first-order valence-corrected chi connectivity index (χ1v) is 6.77. The van der Waals surface area contributed by atoms with Crippen LogP contribution in [0.3, 0.4) is 0 Å². The molecule has 2 heterocycles. The topological polar surface area (TPSA) is 54.0 Å². The summed E-state index contributed by atoms with van der Waals surface area (Å²) < 4.78 is 0. The van der Waals surface area contributed by atoms with E-state index < -0.39 is 0 Å². The molecule has 1 aliphatic heterocycles. The number of carbonyl (C=O) groups is 1. The molecule has 0 aliphatic carbocycles. The van der Waals surface area contributed by atoms with E-state index in [9.17, 15) is 4.79 Å². The second-order valence-electron chi connectivity index (χ2n) is 4.72. The molecule has 2 rings (SSSR count). The molecular formula is C14H21N3O. The van der Waals surface area contributed by atoms with Gasteiger partial charge in [0.05, 0.1) is 6.04 Å². The number of carbonyl (C=O) groups excluding carboxylic acids is 1. The van der Waals surface area contributed by atoms with Crippen molar-refractivity contribution in [2.45, 2.75) is 38.1 Å². The van der Waals surface area contributed by atoms with Gasteiger partial charge in [-0.2, -0.15) is 0 Å². The van der Waals surface area contributed by atoms with E-state index in [1.165, 1.54) is 12.8 Å². The smallest absolute Gasteiger partial charge is 0.237 e. The molecule has 1 aromatic heterocycles. The van der Waals surface area contributed by atoms with Crippen molar-refractivity contribution in [1.82, 2.24) is 15.6 Å². The fourth-order valence-electron chi connectivity index (χ4n) is 2.24. The van der Waals surface area contributed by atoms with Gasteiger partial charge < -0.3 is 10.6 Å². The lowest BCUT2D eigenvalue weighted by Crippen LogP contribution is -2.44. The molecular weight excluding hydrogens is 226 g/mol. The molecule has 1 atom stereocenters. The fraction of sp³-hybridized carbons (Fsp3) is 0.571. The molecule has 1 fully saturated rings. The zero-order chi connectivity index (χ0) is 12.6. The number of amides is 1. The molecule has 98 valence electrons. The molecule has 0 saturated carbocycles. The van der Waals surface area contributed by atoms with E-state index in [2.05, 4.69) is 15.6 Å². The summed E-state index contributed by atoms with van der Waals surface area (Å²) in [5.74, 6) is 0.132. The normalized spacial score (nSPS) is 20.1. The van der Waals surface area contributed by atoms with E-state index >= 15 is 0 Å². The van der Waals surface area contributed by atoms with E-state index in [0.717, 1.165) is 31.5 Å². The second-order valence-corrected chi connectivity index (χ2v) is 4.72. The van der Waals surface area contributed by atoms with E-state index in [-0.39, 0.29) is 11.9 Å². The van der Waals surface area contributed by atoms with Crippen LogP contribution in [0.4, 0.5) is 0 Å². The van der Waals surface area contributed by atoms with E-state index in [1.807, 2.05) is 18.2 Å². The monoisotopic (exact) mass is 247 g/mol. The standard InChI is InChI=1S/C14H21N3O/c18-14(13-7-2-1-4-10-16-13)17-11-8-12-6-3-5-9-15-12/h3,5-6,9,13,16H,1-2,4,7-8,10-11H2,(H,17,18). The molecule has 4 nitrogen and oxygen atoms in total. The largest absolute Gasteiger partial charge is 0.354 e. The van der Waals surface area contributed by atoms with Crippen molar-refractivity contribution in [3.63, 3.8) is 0 Å². The molecule has 1 unspecified atom stereocenters. The summed E-state index contributed by atoms with van der Waals surface area (Å²) in [7, 11) is 0. The second kappa shape index (κ2) is 7.11. The van der Waals surface area contributed by atoms with E-state index in [4.69, 9.17) is 0 Å². The lowest BCUT2D eigenvalue weighted by atomic mass is 10.1. The van der Waals surface area contributed by atoms with Crippen LogP contribution in [0.5, 0.6) is 0 Å². The Morgan fingerprint density at radius 1 is 1.39 bits per heavy atom. The minimum absolute atomic E-state index is 0.00349. The number of pyridine rings is 1. The number of aromatic nitrogens is 1. The highest BCUT2D eigenvalue weighted by molar-refractivity contribution is 5.81. The first-order valence-electron chi connectivity index (χ1n) is 6.77. The third-order valence-corrected chi connectivity index (χ3v) is 3.28. The van der Waals surface area contributed by atoms with Crippen molar-refractivity contribution >= 4 is 5.91 Å². The maximum atomic E-state index is 11.9. The summed E-state index contributed by atoms with van der Waals surface area (Å²) in [5, 5.41) is 6.29. The number of nitrogens with one attached hydrogen (secondary N) is 2. The summed E-state index contributed by atoms with van der Waals surface area (Å²) in [4.78, 5) is 16.2. The van der Waals surface area contributed by atoms with E-state index in [0.29, 0.717) is 6.54 Å². The molecule has 1 aromatic rings. The van der Waals surface area contributed by atoms with Gasteiger partial charge in [-0.15, -0.1) is 0 Å². The third kappa shape index (κ3) is 4.11. The molecule has 0 radical (unpaired) electrons. The highest BCUT2D eigenvalue weighted by Gasteiger charge is 2.18. The lowest BCUT2D eigenvalue weighted by Gasteiger charge is -2.15. The average molecular weight is 247 g/mol. The summed E-state index contributed by atoms with van der Waals surface area (Å²) in [5.41, 5.74) is 1.02. The minimum Gasteiger partial charge on any atom is -0.354 e. The summed E-state index contributed by atoms with van der Waals surface area (Å²) in [6.07, 6.45) is 7.08. The Morgan fingerprint density at radius 2 is 2.33 bits per heavy atom. The molecule has 0 aromatic carbocycles. The van der Waals surface area contributed by atoms with Crippen LogP contribution in [0.1, 0.15) is 31.4 Å². The van der Waals surface area contributed by atoms with Gasteiger partial charge in [-0.1, -0.05) is 18.9 Å². The number of nitrogens with zero attached hydrogens (tertiary/aromatic N) is 1. The molecule has 4 heteroatoms. The zero-order valence-corrected chi connectivity index (χ0v) is 10.7. The highest BCUT2D eigenvalue weighted by atomic mass is 16.2. The van der Waals surface area contributed by atoms with Gasteiger partial charge in [0.2, 0.25) is 5.91 Å². The van der Waals surface area contributed by atoms with Crippen LogP contribution < -0.4 is 10.6 Å². The zero-order valence-electron chi connectivity index (χ0n) is 10.7. The van der Waals surface area contributed by atoms with Gasteiger partial charge in [-0.05, 0) is 31.5 Å². The summed E-state index contributed by atoms with van der Waals surface area (Å²) >= 11 is 0. The van der Waals surface area contributed by atoms with Crippen LogP contribution in [0.25, 0.3) is 0 Å². The lowest BCUT2D eigenvalue weighted by molar-refractivity contribution is -0.123. The Kier molecular flexibility index (Phi) is 5.15. The van der Waals surface area contributed by atoms with Gasteiger partial charge in [0.1, 0.15) is 0 Å². The van der Waals surface area contributed by atoms with Crippen LogP contribution in [0.2, 0.25) is 0 Å². The van der Waals surface area contributed by atoms with Gasteiger partial charge in [-0.3, -0.25) is 9.78 Å². The van der Waals surface area contributed by atoms with Crippen LogP contribution >= 0.6 is 0 Å². The maximum Gasteiger partial charge on any atom is 0.237 e. The van der Waals surface area contributed by atoms with Crippen LogP contribution in [0.15, 0.2) is 24.4 Å². The van der Waals surface area contributed by atoms with Crippen LogP contribution in [0, 0.1) is 0 Å². The molecule has 1 amide bonds. The van der Waals surface area contributed by atoms with Crippen molar-refractivity contribution < 1.29 is 4.79 Å². The molecule has 18 heavy (non-hydrogen) atoms. The Labute approximate surface area is 108 Å². The maximum absolute atomic E-state index is 11.9. The average Bonchev–Trinajstić information content (AvgIpc) is 2.69. The predicted octanol–water partition coefficient (Wildman–Crippen LogP) is 1.27. The van der Waals surface area contributed by atoms with Crippen molar-refractivity contribution in [2.24, 2.45) is 0 Å². The quantitative estimate of drug-likeness (QED) is 0.842. The summed E-state index contributed by atoms with van der Waals surface area (Å²) in [6.45, 7) is 1.62. The molecule has 1 aliphatic rings. The fourth-order valence-corrected chi connectivity index (χ4v) is 2.24. The number of rotatable bonds is 4. The summed E-state index contributed by atoms with van der Waals surface area (Å²) in [6, 6.07) is 5.85.